The molecule has 4 heteroatoms. The zero-order valence-electron chi connectivity index (χ0n) is 11.8. The van der Waals surface area contributed by atoms with E-state index in [2.05, 4.69) is 42.4 Å². The Morgan fingerprint density at radius 3 is 2.85 bits per heavy atom. The van der Waals surface area contributed by atoms with Crippen LogP contribution in [0.4, 0.5) is 5.69 Å². The van der Waals surface area contributed by atoms with Crippen LogP contribution in [0.1, 0.15) is 36.0 Å². The Morgan fingerprint density at radius 1 is 1.45 bits per heavy atom. The van der Waals surface area contributed by atoms with E-state index in [1.165, 1.54) is 16.9 Å². The van der Waals surface area contributed by atoms with Crippen LogP contribution >= 0.6 is 11.3 Å². The largest absolute Gasteiger partial charge is 0.360 e. The predicted octanol–water partition coefficient (Wildman–Crippen LogP) is 4.55. The van der Waals surface area contributed by atoms with Gasteiger partial charge in [0.25, 0.3) is 0 Å². The molecule has 0 radical (unpaired) electrons. The molecule has 0 spiro atoms. The maximum atomic E-state index is 9.22. The highest BCUT2D eigenvalue weighted by molar-refractivity contribution is 7.10. The fourth-order valence-corrected chi connectivity index (χ4v) is 2.53. The van der Waals surface area contributed by atoms with Crippen molar-refractivity contribution >= 4 is 22.6 Å². The molecule has 0 amide bonds. The summed E-state index contributed by atoms with van der Waals surface area (Å²) >= 11 is 1.48. The second-order valence-electron chi connectivity index (χ2n) is 4.89. The molecule has 1 aromatic heterocycles. The first kappa shape index (κ1) is 14.3. The number of aromatic nitrogens is 1. The van der Waals surface area contributed by atoms with Gasteiger partial charge in [-0.15, -0.1) is 11.3 Å². The van der Waals surface area contributed by atoms with E-state index in [0.29, 0.717) is 11.5 Å². The minimum atomic E-state index is 0.484. The van der Waals surface area contributed by atoms with Crippen LogP contribution in [0, 0.1) is 18.3 Å². The van der Waals surface area contributed by atoms with Gasteiger partial charge in [-0.25, -0.2) is 4.98 Å². The number of thiazole rings is 1. The van der Waals surface area contributed by atoms with Crippen molar-refractivity contribution < 1.29 is 0 Å². The highest BCUT2D eigenvalue weighted by atomic mass is 32.1. The van der Waals surface area contributed by atoms with Crippen LogP contribution in [0.3, 0.4) is 0 Å². The molecule has 0 bridgehead atoms. The second kappa shape index (κ2) is 6.36. The normalized spacial score (nSPS) is 11.4. The van der Waals surface area contributed by atoms with Crippen LogP contribution in [-0.4, -0.2) is 4.98 Å². The monoisotopic (exact) mass is 283 g/mol. The van der Waals surface area contributed by atoms with E-state index < -0.39 is 0 Å². The first-order chi connectivity index (χ1) is 9.60. The van der Waals surface area contributed by atoms with Gasteiger partial charge in [0.1, 0.15) is 16.6 Å². The van der Waals surface area contributed by atoms with E-state index in [9.17, 15) is 5.26 Å². The summed E-state index contributed by atoms with van der Waals surface area (Å²) in [5.74, 6) is 0.484. The van der Waals surface area contributed by atoms with Crippen molar-refractivity contribution in [1.82, 2.24) is 4.98 Å². The molecule has 0 unspecified atom stereocenters. The number of anilines is 1. The van der Waals surface area contributed by atoms with Gasteiger partial charge in [0.15, 0.2) is 0 Å². The number of nitrogens with zero attached hydrogens (tertiary/aromatic N) is 2. The Morgan fingerprint density at radius 2 is 2.25 bits per heavy atom. The number of nitrogens with one attached hydrogen (secondary N) is 1. The minimum Gasteiger partial charge on any atom is -0.360 e. The summed E-state index contributed by atoms with van der Waals surface area (Å²) < 4.78 is 0. The van der Waals surface area contributed by atoms with Crippen molar-refractivity contribution in [3.8, 4) is 6.07 Å². The van der Waals surface area contributed by atoms with Gasteiger partial charge in [-0.05, 0) is 30.5 Å². The number of nitriles is 1. The fourth-order valence-electron chi connectivity index (χ4n) is 1.76. The van der Waals surface area contributed by atoms with Gasteiger partial charge in [0.05, 0.1) is 0 Å². The number of aryl methyl sites for hydroxylation is 1. The van der Waals surface area contributed by atoms with E-state index >= 15 is 0 Å². The van der Waals surface area contributed by atoms with E-state index in [1.54, 1.807) is 6.20 Å². The van der Waals surface area contributed by atoms with Crippen LogP contribution in [0.25, 0.3) is 5.57 Å². The maximum absolute atomic E-state index is 9.22. The molecule has 1 heterocycles. The van der Waals surface area contributed by atoms with Gasteiger partial charge in [-0.1, -0.05) is 26.0 Å². The molecule has 20 heavy (non-hydrogen) atoms. The van der Waals surface area contributed by atoms with E-state index in [0.717, 1.165) is 16.4 Å². The summed E-state index contributed by atoms with van der Waals surface area (Å²) in [7, 11) is 0. The van der Waals surface area contributed by atoms with Gasteiger partial charge in [0, 0.05) is 23.0 Å². The molecule has 1 N–H and O–H groups in total. The average molecular weight is 283 g/mol. The molecule has 0 atom stereocenters. The molecule has 102 valence electrons. The lowest BCUT2D eigenvalue weighted by molar-refractivity contribution is 0.867. The molecule has 1 aromatic carbocycles. The second-order valence-corrected chi connectivity index (χ2v) is 5.75. The third-order valence-electron chi connectivity index (χ3n) is 2.91. The number of hydrogen-bond donors (Lipinski definition) is 1. The molecule has 0 saturated carbocycles. The highest BCUT2D eigenvalue weighted by Gasteiger charge is 2.05. The lowest BCUT2D eigenvalue weighted by Crippen LogP contribution is -1.93. The van der Waals surface area contributed by atoms with Gasteiger partial charge in [-0.3, -0.25) is 0 Å². The third-order valence-corrected chi connectivity index (χ3v) is 3.90. The third kappa shape index (κ3) is 3.46. The smallest absolute Gasteiger partial charge is 0.135 e. The van der Waals surface area contributed by atoms with Crippen molar-refractivity contribution in [3.05, 3.63) is 52.1 Å². The number of rotatable bonds is 4. The number of allylic oxidation sites excluding steroid dienone is 1. The average Bonchev–Trinajstić information content (AvgIpc) is 2.86. The van der Waals surface area contributed by atoms with Crippen LogP contribution in [0.2, 0.25) is 0 Å². The van der Waals surface area contributed by atoms with Crippen molar-refractivity contribution in [1.29, 1.82) is 5.26 Å². The van der Waals surface area contributed by atoms with Crippen LogP contribution < -0.4 is 5.32 Å². The Labute approximate surface area is 123 Å². The minimum absolute atomic E-state index is 0.484. The van der Waals surface area contributed by atoms with Gasteiger partial charge in [0.2, 0.25) is 0 Å². The summed E-state index contributed by atoms with van der Waals surface area (Å²) in [6.45, 7) is 6.25. The van der Waals surface area contributed by atoms with Crippen molar-refractivity contribution in [2.24, 2.45) is 0 Å². The Balaban J connectivity index is 2.19. The van der Waals surface area contributed by atoms with E-state index in [4.69, 9.17) is 0 Å². The zero-order chi connectivity index (χ0) is 14.5. The van der Waals surface area contributed by atoms with E-state index in [1.807, 2.05) is 24.4 Å². The lowest BCUT2D eigenvalue weighted by atomic mass is 10.0. The first-order valence-corrected chi connectivity index (χ1v) is 7.37. The summed E-state index contributed by atoms with van der Waals surface area (Å²) in [5, 5.41) is 15.1. The Kier molecular flexibility index (Phi) is 4.54. The number of benzene rings is 1. The Bertz CT molecular complexity index is 662. The quantitative estimate of drug-likeness (QED) is 0.837. The SMILES string of the molecule is Cc1csc(/C(C#N)=C/Nc2cccc(C(C)C)c2)n1. The molecule has 2 aromatic rings. The maximum Gasteiger partial charge on any atom is 0.135 e. The summed E-state index contributed by atoms with van der Waals surface area (Å²) in [4.78, 5) is 4.33. The first-order valence-electron chi connectivity index (χ1n) is 6.49. The molecule has 0 aliphatic carbocycles. The molecular formula is C16H17N3S. The summed E-state index contributed by atoms with van der Waals surface area (Å²) in [6.07, 6.45) is 1.72. The van der Waals surface area contributed by atoms with Crippen LogP contribution in [-0.2, 0) is 0 Å². The van der Waals surface area contributed by atoms with Crippen molar-refractivity contribution in [2.45, 2.75) is 26.7 Å². The zero-order valence-corrected chi connectivity index (χ0v) is 12.7. The molecule has 2 rings (SSSR count). The molecule has 0 aliphatic rings. The van der Waals surface area contributed by atoms with Crippen molar-refractivity contribution in [3.63, 3.8) is 0 Å². The Hall–Kier alpha value is -2.12. The fraction of sp³-hybridized carbons (Fsp3) is 0.250. The molecule has 0 saturated heterocycles. The highest BCUT2D eigenvalue weighted by Crippen LogP contribution is 2.21. The van der Waals surface area contributed by atoms with Crippen molar-refractivity contribution in [2.75, 3.05) is 5.32 Å². The van der Waals surface area contributed by atoms with Crippen LogP contribution in [0.5, 0.6) is 0 Å². The molecular weight excluding hydrogens is 266 g/mol. The van der Waals surface area contributed by atoms with Gasteiger partial charge in [-0.2, -0.15) is 5.26 Å². The topological polar surface area (TPSA) is 48.7 Å². The molecule has 3 nitrogen and oxygen atoms in total. The standard InChI is InChI=1S/C16H17N3S/c1-11(2)13-5-4-6-15(7-13)18-9-14(8-17)16-19-12(3)10-20-16/h4-7,9-11,18H,1-3H3/b14-9+. The number of hydrogen-bond acceptors (Lipinski definition) is 4. The molecule has 0 fully saturated rings. The summed E-state index contributed by atoms with van der Waals surface area (Å²) in [5.41, 5.74) is 3.75. The van der Waals surface area contributed by atoms with Gasteiger partial charge >= 0.3 is 0 Å². The molecule has 0 aliphatic heterocycles. The lowest BCUT2D eigenvalue weighted by Gasteiger charge is -2.08. The van der Waals surface area contributed by atoms with Gasteiger partial charge < -0.3 is 5.32 Å². The predicted molar refractivity (Wildman–Crippen MR) is 84.6 cm³/mol. The summed E-state index contributed by atoms with van der Waals surface area (Å²) in [6, 6.07) is 10.4. The van der Waals surface area contributed by atoms with Crippen LogP contribution in [0.15, 0.2) is 35.8 Å². The van der Waals surface area contributed by atoms with E-state index in [-0.39, 0.29) is 0 Å².